The lowest BCUT2D eigenvalue weighted by atomic mass is 10.0. The van der Waals surface area contributed by atoms with Crippen molar-refractivity contribution in [1.29, 1.82) is 0 Å². The van der Waals surface area contributed by atoms with Gasteiger partial charge in [0.15, 0.2) is 0 Å². The smallest absolute Gasteiger partial charge is 0.230 e. The molecule has 1 saturated heterocycles. The van der Waals surface area contributed by atoms with Crippen LogP contribution < -0.4 is 5.32 Å². The van der Waals surface area contributed by atoms with Gasteiger partial charge in [0.1, 0.15) is 4.32 Å². The molecule has 120 valence electrons. The molecule has 1 aromatic rings. The molecule has 6 heteroatoms. The Morgan fingerprint density at radius 1 is 1.36 bits per heavy atom. The van der Waals surface area contributed by atoms with Crippen LogP contribution in [0.1, 0.15) is 37.8 Å². The van der Waals surface area contributed by atoms with Gasteiger partial charge in [-0.15, -0.1) is 0 Å². The molecule has 1 atom stereocenters. The predicted molar refractivity (Wildman–Crippen MR) is 101 cm³/mol. The number of rotatable bonds is 5. The summed E-state index contributed by atoms with van der Waals surface area (Å²) in [6.07, 6.45) is 3.28. The summed E-state index contributed by atoms with van der Waals surface area (Å²) in [4.78, 5) is 14.3. The maximum atomic E-state index is 12.2. The third-order valence-corrected chi connectivity index (χ3v) is 5.76. The molecule has 2 rings (SSSR count). The largest absolute Gasteiger partial charge is 0.358 e. The molecule has 3 nitrogen and oxygen atoms in total. The third kappa shape index (κ3) is 5.25. The van der Waals surface area contributed by atoms with Crippen molar-refractivity contribution in [3.8, 4) is 0 Å². The highest BCUT2D eigenvalue weighted by Gasteiger charge is 2.17. The second-order valence-electron chi connectivity index (χ2n) is 5.33. The number of carbonyl (C=O) groups is 1. The molecule has 1 fully saturated rings. The molecule has 1 aliphatic heterocycles. The van der Waals surface area contributed by atoms with E-state index in [1.807, 2.05) is 24.3 Å². The lowest BCUT2D eigenvalue weighted by molar-refractivity contribution is -0.119. The van der Waals surface area contributed by atoms with Crippen molar-refractivity contribution >= 4 is 50.1 Å². The second-order valence-corrected chi connectivity index (χ2v) is 7.85. The summed E-state index contributed by atoms with van der Waals surface area (Å²) in [6.45, 7) is 4.14. The van der Waals surface area contributed by atoms with Crippen molar-refractivity contribution in [2.24, 2.45) is 0 Å². The van der Waals surface area contributed by atoms with Crippen LogP contribution in [0.5, 0.6) is 0 Å². The highest BCUT2D eigenvalue weighted by Crippen LogP contribution is 2.20. The number of amides is 1. The molecule has 0 aliphatic carbocycles. The maximum absolute atomic E-state index is 12.2. The Bertz CT molecular complexity index is 515. The summed E-state index contributed by atoms with van der Waals surface area (Å²) >= 11 is 10.3. The summed E-state index contributed by atoms with van der Waals surface area (Å²) in [6, 6.07) is 8.14. The van der Waals surface area contributed by atoms with Crippen LogP contribution in [0.15, 0.2) is 28.7 Å². The van der Waals surface area contributed by atoms with Gasteiger partial charge in [-0.1, -0.05) is 59.0 Å². The number of hydrogen-bond acceptors (Lipinski definition) is 3. The summed E-state index contributed by atoms with van der Waals surface area (Å²) < 4.78 is 1.90. The van der Waals surface area contributed by atoms with E-state index in [4.69, 9.17) is 12.2 Å². The van der Waals surface area contributed by atoms with Crippen LogP contribution in [0.2, 0.25) is 0 Å². The molecule has 1 aromatic carbocycles. The SMILES string of the molecule is CC[C@@H](NC(=O)CSC(=S)N1CCCC1)c1ccc(Br)cc1. The van der Waals surface area contributed by atoms with E-state index in [9.17, 15) is 4.79 Å². The van der Waals surface area contributed by atoms with Gasteiger partial charge in [0.25, 0.3) is 0 Å². The van der Waals surface area contributed by atoms with E-state index in [2.05, 4.69) is 33.1 Å². The third-order valence-electron chi connectivity index (χ3n) is 3.71. The monoisotopic (exact) mass is 400 g/mol. The van der Waals surface area contributed by atoms with Gasteiger partial charge in [-0.25, -0.2) is 0 Å². The molecule has 0 aromatic heterocycles. The van der Waals surface area contributed by atoms with Gasteiger partial charge in [-0.2, -0.15) is 0 Å². The minimum atomic E-state index is 0.0429. The number of nitrogens with one attached hydrogen (secondary N) is 1. The van der Waals surface area contributed by atoms with Crippen molar-refractivity contribution in [2.45, 2.75) is 32.2 Å². The van der Waals surface area contributed by atoms with Crippen LogP contribution in [-0.4, -0.2) is 34.0 Å². The van der Waals surface area contributed by atoms with Crippen LogP contribution in [0.25, 0.3) is 0 Å². The molecule has 0 saturated carbocycles. The Morgan fingerprint density at radius 2 is 2.00 bits per heavy atom. The van der Waals surface area contributed by atoms with E-state index < -0.39 is 0 Å². The van der Waals surface area contributed by atoms with E-state index in [1.165, 1.54) is 24.6 Å². The van der Waals surface area contributed by atoms with E-state index in [1.54, 1.807) is 0 Å². The van der Waals surface area contributed by atoms with Gasteiger partial charge in [0, 0.05) is 17.6 Å². The lowest BCUT2D eigenvalue weighted by Gasteiger charge is -2.19. The highest BCUT2D eigenvalue weighted by atomic mass is 79.9. The molecule has 0 bridgehead atoms. The van der Waals surface area contributed by atoms with Crippen LogP contribution in [-0.2, 0) is 4.79 Å². The lowest BCUT2D eigenvalue weighted by Crippen LogP contribution is -2.31. The maximum Gasteiger partial charge on any atom is 0.230 e. The van der Waals surface area contributed by atoms with Gasteiger partial charge >= 0.3 is 0 Å². The Morgan fingerprint density at radius 3 is 2.59 bits per heavy atom. The van der Waals surface area contributed by atoms with E-state index in [0.717, 1.165) is 33.9 Å². The van der Waals surface area contributed by atoms with Gasteiger partial charge in [0.2, 0.25) is 5.91 Å². The zero-order valence-corrected chi connectivity index (χ0v) is 15.9. The van der Waals surface area contributed by atoms with Crippen molar-refractivity contribution in [3.05, 3.63) is 34.3 Å². The van der Waals surface area contributed by atoms with E-state index in [0.29, 0.717) is 5.75 Å². The van der Waals surface area contributed by atoms with Crippen LogP contribution in [0.3, 0.4) is 0 Å². The van der Waals surface area contributed by atoms with E-state index in [-0.39, 0.29) is 11.9 Å². The second kappa shape index (κ2) is 8.89. The summed E-state index contributed by atoms with van der Waals surface area (Å²) in [7, 11) is 0. The molecule has 0 unspecified atom stereocenters. The molecule has 22 heavy (non-hydrogen) atoms. The Hall–Kier alpha value is -0.590. The number of likely N-dealkylation sites (tertiary alicyclic amines) is 1. The minimum absolute atomic E-state index is 0.0429. The first kappa shape index (κ1) is 17.8. The molecule has 1 N–H and O–H groups in total. The zero-order chi connectivity index (χ0) is 15.9. The number of hydrogen-bond donors (Lipinski definition) is 1. The average Bonchev–Trinajstić information content (AvgIpc) is 3.05. The highest BCUT2D eigenvalue weighted by molar-refractivity contribution is 9.10. The first-order chi connectivity index (χ1) is 10.6. The van der Waals surface area contributed by atoms with Gasteiger partial charge in [-0.05, 0) is 37.0 Å². The summed E-state index contributed by atoms with van der Waals surface area (Å²) in [5, 5.41) is 3.10. The number of thioether (sulfide) groups is 1. The zero-order valence-electron chi connectivity index (χ0n) is 12.7. The normalized spacial score (nSPS) is 15.6. The molecule has 1 amide bonds. The summed E-state index contributed by atoms with van der Waals surface area (Å²) in [5.74, 6) is 0.434. The number of benzene rings is 1. The first-order valence-electron chi connectivity index (χ1n) is 7.56. The topological polar surface area (TPSA) is 32.3 Å². The van der Waals surface area contributed by atoms with Crippen molar-refractivity contribution in [1.82, 2.24) is 10.2 Å². The minimum Gasteiger partial charge on any atom is -0.358 e. The predicted octanol–water partition coefficient (Wildman–Crippen LogP) is 4.13. The Kier molecular flexibility index (Phi) is 7.18. The fourth-order valence-electron chi connectivity index (χ4n) is 2.47. The van der Waals surface area contributed by atoms with Crippen molar-refractivity contribution in [2.75, 3.05) is 18.8 Å². The standard InChI is InChI=1S/C16H21BrN2OS2/c1-2-14(12-5-7-13(17)8-6-12)18-15(20)11-22-16(21)19-9-3-4-10-19/h5-8,14H,2-4,9-11H2,1H3,(H,18,20)/t14-/m1/s1. The number of halogens is 1. The molecular formula is C16H21BrN2OS2. The van der Waals surface area contributed by atoms with Crippen molar-refractivity contribution in [3.63, 3.8) is 0 Å². The average molecular weight is 401 g/mol. The van der Waals surface area contributed by atoms with Gasteiger partial charge in [0.05, 0.1) is 11.8 Å². The van der Waals surface area contributed by atoms with E-state index >= 15 is 0 Å². The molecule has 1 aliphatic rings. The molecule has 1 heterocycles. The first-order valence-corrected chi connectivity index (χ1v) is 9.75. The summed E-state index contributed by atoms with van der Waals surface area (Å²) in [5.41, 5.74) is 1.13. The van der Waals surface area contributed by atoms with Crippen LogP contribution in [0, 0.1) is 0 Å². The van der Waals surface area contributed by atoms with Crippen LogP contribution >= 0.6 is 39.9 Å². The molecule has 0 radical (unpaired) electrons. The Balaban J connectivity index is 1.81. The number of nitrogens with zero attached hydrogens (tertiary/aromatic N) is 1. The number of carbonyl (C=O) groups excluding carboxylic acids is 1. The van der Waals surface area contributed by atoms with Gasteiger partial charge < -0.3 is 10.2 Å². The number of thiocarbonyl (C=S) groups is 1. The van der Waals surface area contributed by atoms with Crippen molar-refractivity contribution < 1.29 is 4.79 Å². The van der Waals surface area contributed by atoms with Crippen LogP contribution in [0.4, 0.5) is 0 Å². The van der Waals surface area contributed by atoms with Gasteiger partial charge in [-0.3, -0.25) is 4.79 Å². The Labute approximate surface area is 150 Å². The molecular weight excluding hydrogens is 380 g/mol. The quantitative estimate of drug-likeness (QED) is 0.752. The molecule has 0 spiro atoms. The fourth-order valence-corrected chi connectivity index (χ4v) is 3.80. The fraction of sp³-hybridized carbons (Fsp3) is 0.500.